The lowest BCUT2D eigenvalue weighted by molar-refractivity contribution is -0.274. The van der Waals surface area contributed by atoms with E-state index in [1.165, 1.54) is 30.3 Å². The fourth-order valence-electron chi connectivity index (χ4n) is 3.75. The second-order valence-electron chi connectivity index (χ2n) is 7.81. The maximum Gasteiger partial charge on any atom is 0.573 e. The molecule has 4 rings (SSSR count). The molecule has 1 aliphatic rings. The highest BCUT2D eigenvalue weighted by Crippen LogP contribution is 2.50. The topological polar surface area (TPSA) is 78.8 Å². The number of rotatable bonds is 5. The molecule has 0 unspecified atom stereocenters. The molecule has 0 atom stereocenters. The van der Waals surface area contributed by atoms with Gasteiger partial charge in [-0.2, -0.15) is 0 Å². The number of phenols is 2. The van der Waals surface area contributed by atoms with Crippen molar-refractivity contribution in [1.82, 2.24) is 0 Å². The van der Waals surface area contributed by atoms with E-state index in [-0.39, 0.29) is 28.7 Å². The Bertz CT molecular complexity index is 1190. The maximum atomic E-state index is 13.1. The zero-order valence-electron chi connectivity index (χ0n) is 17.0. The molecule has 32 heavy (non-hydrogen) atoms. The summed E-state index contributed by atoms with van der Waals surface area (Å²) in [4.78, 5) is 13.1. The first kappa shape index (κ1) is 21.5. The van der Waals surface area contributed by atoms with Gasteiger partial charge in [-0.05, 0) is 66.8 Å². The van der Waals surface area contributed by atoms with Crippen molar-refractivity contribution in [2.24, 2.45) is 0 Å². The van der Waals surface area contributed by atoms with E-state index in [0.717, 1.165) is 5.56 Å². The molecule has 166 valence electrons. The Morgan fingerprint density at radius 2 is 1.69 bits per heavy atom. The summed E-state index contributed by atoms with van der Waals surface area (Å²) < 4.78 is 43.0. The number of aryl methyl sites for hydroxylation is 1. The Morgan fingerprint density at radius 3 is 2.31 bits per heavy atom. The van der Waals surface area contributed by atoms with Gasteiger partial charge in [0, 0.05) is 11.3 Å². The molecule has 0 heterocycles. The van der Waals surface area contributed by atoms with Crippen molar-refractivity contribution in [2.45, 2.75) is 31.5 Å². The Balaban J connectivity index is 1.67. The second-order valence-corrected chi connectivity index (χ2v) is 7.81. The Morgan fingerprint density at radius 1 is 0.969 bits per heavy atom. The number of hydrogen-bond donors (Lipinski definition) is 3. The van der Waals surface area contributed by atoms with Crippen LogP contribution in [0.3, 0.4) is 0 Å². The van der Waals surface area contributed by atoms with Crippen LogP contribution in [0.1, 0.15) is 24.0 Å². The number of ether oxygens (including phenoxy) is 1. The fraction of sp³-hybridized carbons (Fsp3) is 0.208. The third-order valence-corrected chi connectivity index (χ3v) is 5.61. The highest BCUT2D eigenvalue weighted by atomic mass is 19.4. The standard InChI is InChI=1S/C24H20F3NO4/c1-14-4-2-3-5-17(14)18-13-16(7-9-21(18)32-24(25,26)27)28-22(31)23(10-11-23)15-6-8-19(29)20(30)12-15/h2-9,12-13,29-30H,10-11H2,1H3,(H,28,31). The van der Waals surface area contributed by atoms with Gasteiger partial charge >= 0.3 is 6.36 Å². The Kier molecular flexibility index (Phi) is 5.24. The van der Waals surface area contributed by atoms with Gasteiger partial charge in [-0.25, -0.2) is 0 Å². The van der Waals surface area contributed by atoms with E-state index in [2.05, 4.69) is 10.1 Å². The predicted molar refractivity (Wildman–Crippen MR) is 113 cm³/mol. The molecule has 0 radical (unpaired) electrons. The van der Waals surface area contributed by atoms with Gasteiger partial charge < -0.3 is 20.3 Å². The van der Waals surface area contributed by atoms with E-state index in [1.54, 1.807) is 37.3 Å². The number of aromatic hydroxyl groups is 2. The van der Waals surface area contributed by atoms with Gasteiger partial charge in [0.1, 0.15) is 5.75 Å². The van der Waals surface area contributed by atoms with Crippen LogP contribution in [0.5, 0.6) is 17.2 Å². The molecule has 3 N–H and O–H groups in total. The van der Waals surface area contributed by atoms with Crippen molar-refractivity contribution in [2.75, 3.05) is 5.32 Å². The predicted octanol–water partition coefficient (Wildman–Crippen LogP) is 5.64. The van der Waals surface area contributed by atoms with Gasteiger partial charge in [0.15, 0.2) is 11.5 Å². The van der Waals surface area contributed by atoms with Crippen molar-refractivity contribution in [1.29, 1.82) is 0 Å². The van der Waals surface area contributed by atoms with Crippen molar-refractivity contribution in [3.05, 3.63) is 71.8 Å². The second kappa shape index (κ2) is 7.78. The highest BCUT2D eigenvalue weighted by Gasteiger charge is 2.51. The van der Waals surface area contributed by atoms with Crippen LogP contribution in [0.4, 0.5) is 18.9 Å². The van der Waals surface area contributed by atoms with Gasteiger partial charge in [-0.15, -0.1) is 13.2 Å². The largest absolute Gasteiger partial charge is 0.573 e. The van der Waals surface area contributed by atoms with Crippen LogP contribution in [0.2, 0.25) is 0 Å². The molecule has 0 bridgehead atoms. The number of anilines is 1. The number of alkyl halides is 3. The number of nitrogens with one attached hydrogen (secondary N) is 1. The van der Waals surface area contributed by atoms with Crippen molar-refractivity contribution in [3.8, 4) is 28.4 Å². The fourth-order valence-corrected chi connectivity index (χ4v) is 3.75. The molecular weight excluding hydrogens is 423 g/mol. The molecule has 0 aliphatic heterocycles. The minimum atomic E-state index is -4.86. The zero-order valence-corrected chi connectivity index (χ0v) is 17.0. The molecule has 1 saturated carbocycles. The molecule has 0 aromatic heterocycles. The third kappa shape index (κ3) is 4.21. The quantitative estimate of drug-likeness (QED) is 0.446. The highest BCUT2D eigenvalue weighted by molar-refractivity contribution is 6.02. The van der Waals surface area contributed by atoms with E-state index in [1.807, 2.05) is 0 Å². The number of phenolic OH excluding ortho intramolecular Hbond substituents is 2. The molecule has 8 heteroatoms. The molecule has 5 nitrogen and oxygen atoms in total. The van der Waals surface area contributed by atoms with Gasteiger partial charge in [0.25, 0.3) is 0 Å². The maximum absolute atomic E-state index is 13.1. The molecule has 0 spiro atoms. The number of amides is 1. The van der Waals surface area contributed by atoms with Crippen LogP contribution in [-0.4, -0.2) is 22.5 Å². The van der Waals surface area contributed by atoms with Gasteiger partial charge in [-0.3, -0.25) is 4.79 Å². The van der Waals surface area contributed by atoms with E-state index < -0.39 is 11.8 Å². The summed E-state index contributed by atoms with van der Waals surface area (Å²) in [5, 5.41) is 22.1. The lowest BCUT2D eigenvalue weighted by atomic mass is 9.94. The average molecular weight is 443 g/mol. The van der Waals surface area contributed by atoms with Gasteiger partial charge in [-0.1, -0.05) is 30.3 Å². The number of benzene rings is 3. The Hall–Kier alpha value is -3.68. The summed E-state index contributed by atoms with van der Waals surface area (Å²) in [6.45, 7) is 1.77. The Labute approximate surface area is 182 Å². The van der Waals surface area contributed by atoms with Crippen LogP contribution in [0, 0.1) is 6.92 Å². The monoisotopic (exact) mass is 443 g/mol. The molecule has 0 saturated heterocycles. The average Bonchev–Trinajstić information content (AvgIpc) is 3.53. The van der Waals surface area contributed by atoms with Crippen LogP contribution in [0.15, 0.2) is 60.7 Å². The normalized spacial score (nSPS) is 14.6. The number of hydrogen-bond acceptors (Lipinski definition) is 4. The summed E-state index contributed by atoms with van der Waals surface area (Å²) in [6.07, 6.45) is -3.77. The summed E-state index contributed by atoms with van der Waals surface area (Å²) in [5.74, 6) is -1.32. The first-order valence-corrected chi connectivity index (χ1v) is 9.89. The minimum Gasteiger partial charge on any atom is -0.504 e. The van der Waals surface area contributed by atoms with Gasteiger partial charge in [0.2, 0.25) is 5.91 Å². The lowest BCUT2D eigenvalue weighted by Crippen LogP contribution is -2.27. The molecule has 1 aliphatic carbocycles. The van der Waals surface area contributed by atoms with Crippen LogP contribution in [0.25, 0.3) is 11.1 Å². The van der Waals surface area contributed by atoms with Crippen LogP contribution < -0.4 is 10.1 Å². The van der Waals surface area contributed by atoms with Gasteiger partial charge in [0.05, 0.1) is 5.41 Å². The van der Waals surface area contributed by atoms with Crippen molar-refractivity contribution in [3.63, 3.8) is 0 Å². The first-order chi connectivity index (χ1) is 15.1. The minimum absolute atomic E-state index is 0.199. The third-order valence-electron chi connectivity index (χ3n) is 5.61. The number of carbonyl (C=O) groups is 1. The van der Waals surface area contributed by atoms with Crippen molar-refractivity contribution >= 4 is 11.6 Å². The molecule has 3 aromatic rings. The van der Waals surface area contributed by atoms with E-state index in [0.29, 0.717) is 29.7 Å². The van der Waals surface area contributed by atoms with E-state index in [4.69, 9.17) is 0 Å². The molecular formula is C24H20F3NO4. The molecule has 3 aromatic carbocycles. The zero-order chi connectivity index (χ0) is 23.1. The van der Waals surface area contributed by atoms with Crippen LogP contribution in [-0.2, 0) is 10.2 Å². The molecule has 1 amide bonds. The van der Waals surface area contributed by atoms with E-state index >= 15 is 0 Å². The van der Waals surface area contributed by atoms with Crippen LogP contribution >= 0.6 is 0 Å². The number of halogens is 3. The summed E-state index contributed by atoms with van der Waals surface area (Å²) in [5.41, 5.74) is 1.51. The van der Waals surface area contributed by atoms with E-state index in [9.17, 15) is 28.2 Å². The number of carbonyl (C=O) groups excluding carboxylic acids is 1. The summed E-state index contributed by atoms with van der Waals surface area (Å²) in [7, 11) is 0. The lowest BCUT2D eigenvalue weighted by Gasteiger charge is -2.19. The summed E-state index contributed by atoms with van der Waals surface area (Å²) >= 11 is 0. The summed E-state index contributed by atoms with van der Waals surface area (Å²) in [6, 6.07) is 15.2. The smallest absolute Gasteiger partial charge is 0.504 e. The van der Waals surface area contributed by atoms with Crippen molar-refractivity contribution < 1.29 is 32.9 Å². The first-order valence-electron chi connectivity index (χ1n) is 9.89. The molecule has 1 fully saturated rings. The SMILES string of the molecule is Cc1ccccc1-c1cc(NC(=O)C2(c3ccc(O)c(O)c3)CC2)ccc1OC(F)(F)F.